The van der Waals surface area contributed by atoms with Crippen LogP contribution in [0.15, 0.2) is 82.2 Å². The van der Waals surface area contributed by atoms with Crippen LogP contribution in [0.3, 0.4) is 0 Å². The molecule has 4 rings (SSSR count). The van der Waals surface area contributed by atoms with E-state index in [1.807, 2.05) is 24.3 Å². The first kappa shape index (κ1) is 22.0. The second-order valence-corrected chi connectivity index (χ2v) is 7.07. The molecule has 33 heavy (non-hydrogen) atoms. The molecule has 0 bridgehead atoms. The van der Waals surface area contributed by atoms with Gasteiger partial charge in [0, 0.05) is 6.07 Å². The average Bonchev–Trinajstić information content (AvgIpc) is 2.85. The van der Waals surface area contributed by atoms with E-state index >= 15 is 0 Å². The van der Waals surface area contributed by atoms with Gasteiger partial charge in [-0.15, -0.1) is 0 Å². The highest BCUT2D eigenvalue weighted by Gasteiger charge is 2.12. The van der Waals surface area contributed by atoms with Crippen molar-refractivity contribution in [3.63, 3.8) is 0 Å². The van der Waals surface area contributed by atoms with Gasteiger partial charge >= 0.3 is 5.97 Å². The fourth-order valence-corrected chi connectivity index (χ4v) is 3.18. The van der Waals surface area contributed by atoms with E-state index in [9.17, 15) is 9.59 Å². The minimum Gasteiger partial charge on any atom is -0.497 e. The first-order valence-electron chi connectivity index (χ1n) is 10.3. The van der Waals surface area contributed by atoms with Crippen molar-refractivity contribution >= 4 is 16.9 Å². The molecule has 0 aliphatic rings. The minimum absolute atomic E-state index is 0.0384. The molecule has 0 aliphatic heterocycles. The molecular weight excluding hydrogens is 424 g/mol. The van der Waals surface area contributed by atoms with Crippen molar-refractivity contribution in [2.24, 2.45) is 0 Å². The molecule has 4 aromatic rings. The van der Waals surface area contributed by atoms with Gasteiger partial charge in [-0.05, 0) is 61.0 Å². The van der Waals surface area contributed by atoms with Gasteiger partial charge in [0.1, 0.15) is 35.7 Å². The predicted molar refractivity (Wildman–Crippen MR) is 122 cm³/mol. The second-order valence-electron chi connectivity index (χ2n) is 7.07. The summed E-state index contributed by atoms with van der Waals surface area (Å²) in [6.07, 6.45) is 1.26. The van der Waals surface area contributed by atoms with E-state index in [0.717, 1.165) is 11.3 Å². The third kappa shape index (κ3) is 5.15. The molecule has 0 amide bonds. The zero-order valence-corrected chi connectivity index (χ0v) is 18.2. The smallest absolute Gasteiger partial charge is 0.338 e. The lowest BCUT2D eigenvalue weighted by Crippen LogP contribution is -2.06. The molecule has 3 aromatic carbocycles. The van der Waals surface area contributed by atoms with Crippen molar-refractivity contribution in [2.45, 2.75) is 13.5 Å². The van der Waals surface area contributed by atoms with E-state index < -0.39 is 5.97 Å². The Hall–Kier alpha value is -4.26. The Balaban J connectivity index is 1.48. The van der Waals surface area contributed by atoms with E-state index in [4.69, 9.17) is 23.4 Å². The average molecular weight is 446 g/mol. The maximum absolute atomic E-state index is 12.8. The Morgan fingerprint density at radius 2 is 1.73 bits per heavy atom. The van der Waals surface area contributed by atoms with E-state index in [0.29, 0.717) is 41.2 Å². The Bertz CT molecular complexity index is 1320. The lowest BCUT2D eigenvalue weighted by molar-refractivity contribution is 0.0526. The second kappa shape index (κ2) is 9.91. The molecule has 0 aliphatic carbocycles. The van der Waals surface area contributed by atoms with Crippen molar-refractivity contribution in [1.29, 1.82) is 0 Å². The molecule has 0 fully saturated rings. The molecule has 168 valence electrons. The van der Waals surface area contributed by atoms with Gasteiger partial charge in [0.2, 0.25) is 11.2 Å². The van der Waals surface area contributed by atoms with Gasteiger partial charge in [-0.1, -0.05) is 12.1 Å². The fourth-order valence-electron chi connectivity index (χ4n) is 3.18. The van der Waals surface area contributed by atoms with Gasteiger partial charge in [0.25, 0.3) is 0 Å². The molecule has 0 radical (unpaired) electrons. The van der Waals surface area contributed by atoms with Crippen LogP contribution in [0, 0.1) is 0 Å². The summed E-state index contributed by atoms with van der Waals surface area (Å²) in [5, 5.41) is 0.365. The summed E-state index contributed by atoms with van der Waals surface area (Å²) in [6.45, 7) is 2.38. The number of benzene rings is 3. The number of rotatable bonds is 8. The Morgan fingerprint density at radius 1 is 0.939 bits per heavy atom. The predicted octanol–water partition coefficient (Wildman–Crippen LogP) is 5.35. The summed E-state index contributed by atoms with van der Waals surface area (Å²) in [6, 6.07) is 18.9. The summed E-state index contributed by atoms with van der Waals surface area (Å²) in [5.41, 5.74) is 1.42. The number of fused-ring (bicyclic) bond motifs is 1. The largest absolute Gasteiger partial charge is 0.497 e. The van der Waals surface area contributed by atoms with Crippen LogP contribution in [0.5, 0.6) is 23.0 Å². The lowest BCUT2D eigenvalue weighted by Gasteiger charge is -2.09. The zero-order chi connectivity index (χ0) is 23.2. The molecule has 0 spiro atoms. The lowest BCUT2D eigenvalue weighted by atomic mass is 10.2. The summed E-state index contributed by atoms with van der Waals surface area (Å²) >= 11 is 0. The maximum atomic E-state index is 12.8. The standard InChI is InChI=1S/C26H22O7/c1-3-30-26(28)18-7-9-19(10-8-18)33-24-16-32-23-14-21(11-12-22(23)25(24)27)31-15-17-5-4-6-20(13-17)29-2/h4-14,16H,3,15H2,1-2H3. The van der Waals surface area contributed by atoms with Crippen molar-refractivity contribution in [1.82, 2.24) is 0 Å². The van der Waals surface area contributed by atoms with Crippen molar-refractivity contribution in [3.05, 3.63) is 94.3 Å². The molecule has 0 atom stereocenters. The Morgan fingerprint density at radius 3 is 2.48 bits per heavy atom. The Labute approximate surface area is 190 Å². The molecular formula is C26H22O7. The molecule has 1 aromatic heterocycles. The van der Waals surface area contributed by atoms with E-state index in [-0.39, 0.29) is 11.2 Å². The fraction of sp³-hybridized carbons (Fsp3) is 0.154. The quantitative estimate of drug-likeness (QED) is 0.337. The zero-order valence-electron chi connectivity index (χ0n) is 18.2. The number of carbonyl (C=O) groups is 1. The van der Waals surface area contributed by atoms with E-state index in [1.54, 1.807) is 56.5 Å². The molecule has 1 heterocycles. The van der Waals surface area contributed by atoms with Gasteiger partial charge in [-0.25, -0.2) is 4.79 Å². The number of esters is 1. The number of ether oxygens (including phenoxy) is 4. The highest BCUT2D eigenvalue weighted by molar-refractivity contribution is 5.89. The van der Waals surface area contributed by atoms with Crippen molar-refractivity contribution in [3.8, 4) is 23.0 Å². The van der Waals surface area contributed by atoms with Crippen LogP contribution in [0.2, 0.25) is 0 Å². The highest BCUT2D eigenvalue weighted by atomic mass is 16.5. The summed E-state index contributed by atoms with van der Waals surface area (Å²) in [7, 11) is 1.61. The van der Waals surface area contributed by atoms with Gasteiger partial charge in [0.05, 0.1) is 24.7 Å². The van der Waals surface area contributed by atoms with Crippen LogP contribution in [0.25, 0.3) is 11.0 Å². The number of carbonyl (C=O) groups excluding carboxylic acids is 1. The molecule has 0 saturated heterocycles. The Kier molecular flexibility index (Phi) is 6.59. The van der Waals surface area contributed by atoms with Crippen LogP contribution in [0.1, 0.15) is 22.8 Å². The summed E-state index contributed by atoms with van der Waals surface area (Å²) in [4.78, 5) is 24.6. The minimum atomic E-state index is -0.418. The highest BCUT2D eigenvalue weighted by Crippen LogP contribution is 2.25. The van der Waals surface area contributed by atoms with Gasteiger partial charge < -0.3 is 23.4 Å². The van der Waals surface area contributed by atoms with Gasteiger partial charge in [0.15, 0.2) is 0 Å². The van der Waals surface area contributed by atoms with E-state index in [2.05, 4.69) is 0 Å². The van der Waals surface area contributed by atoms with Gasteiger partial charge in [-0.3, -0.25) is 4.79 Å². The van der Waals surface area contributed by atoms with E-state index in [1.165, 1.54) is 6.26 Å². The number of hydrogen-bond acceptors (Lipinski definition) is 7. The SMILES string of the molecule is CCOC(=O)c1ccc(Oc2coc3cc(OCc4cccc(OC)c4)ccc3c2=O)cc1. The van der Waals surface area contributed by atoms with Crippen molar-refractivity contribution in [2.75, 3.05) is 13.7 Å². The third-order valence-corrected chi connectivity index (χ3v) is 4.85. The van der Waals surface area contributed by atoms with Gasteiger partial charge in [-0.2, -0.15) is 0 Å². The molecule has 0 saturated carbocycles. The van der Waals surface area contributed by atoms with Crippen LogP contribution in [0.4, 0.5) is 0 Å². The first-order chi connectivity index (χ1) is 16.1. The first-order valence-corrected chi connectivity index (χ1v) is 10.3. The van der Waals surface area contributed by atoms with Crippen LogP contribution in [-0.4, -0.2) is 19.7 Å². The van der Waals surface area contributed by atoms with Crippen molar-refractivity contribution < 1.29 is 28.2 Å². The molecule has 0 N–H and O–H groups in total. The van der Waals surface area contributed by atoms with Crippen LogP contribution in [-0.2, 0) is 11.3 Å². The third-order valence-electron chi connectivity index (χ3n) is 4.85. The molecule has 7 nitrogen and oxygen atoms in total. The monoisotopic (exact) mass is 446 g/mol. The normalized spacial score (nSPS) is 10.6. The number of methoxy groups -OCH3 is 1. The topological polar surface area (TPSA) is 84.2 Å². The van der Waals surface area contributed by atoms with Crippen LogP contribution >= 0.6 is 0 Å². The maximum Gasteiger partial charge on any atom is 0.338 e. The van der Waals surface area contributed by atoms with Crippen LogP contribution < -0.4 is 19.6 Å². The number of hydrogen-bond donors (Lipinski definition) is 0. The molecule has 0 unspecified atom stereocenters. The summed E-state index contributed by atoms with van der Waals surface area (Å²) < 4.78 is 27.3. The summed E-state index contributed by atoms with van der Waals surface area (Å²) in [5.74, 6) is 1.34. The molecule has 7 heteroatoms.